The third-order valence-corrected chi connectivity index (χ3v) is 6.16. The predicted molar refractivity (Wildman–Crippen MR) is 122 cm³/mol. The summed E-state index contributed by atoms with van der Waals surface area (Å²) in [6.45, 7) is 8.40. The van der Waals surface area contributed by atoms with E-state index in [1.54, 1.807) is 12.1 Å². The van der Waals surface area contributed by atoms with Crippen molar-refractivity contribution in [1.29, 1.82) is 0 Å². The van der Waals surface area contributed by atoms with Gasteiger partial charge in [0, 0.05) is 56.8 Å². The molecule has 5 rings (SSSR count). The molecule has 7 heteroatoms. The molecule has 3 aromatic rings. The van der Waals surface area contributed by atoms with Crippen LogP contribution in [-0.2, 0) is 11.3 Å². The zero-order chi connectivity index (χ0) is 21.2. The molecular formula is C24H29N5O2. The summed E-state index contributed by atoms with van der Waals surface area (Å²) in [6.07, 6.45) is 0. The molecule has 1 N–H and O–H groups in total. The number of ether oxygens (including phenoxy) is 1. The molecule has 2 aromatic carbocycles. The second kappa shape index (κ2) is 8.78. The minimum absolute atomic E-state index is 0.219. The Balaban J connectivity index is 1.53. The van der Waals surface area contributed by atoms with E-state index in [9.17, 15) is 5.11 Å². The topological polar surface area (TPSA) is 65.0 Å². The van der Waals surface area contributed by atoms with Gasteiger partial charge >= 0.3 is 0 Å². The fraction of sp³-hybridized carbons (Fsp3) is 0.417. The van der Waals surface area contributed by atoms with E-state index in [2.05, 4.69) is 39.9 Å². The van der Waals surface area contributed by atoms with Crippen molar-refractivity contribution in [3.63, 3.8) is 0 Å². The Labute approximate surface area is 182 Å². The molecule has 0 spiro atoms. The number of phenolic OH excluding ortho intramolecular Hbond substituents is 1. The van der Waals surface area contributed by atoms with Crippen molar-refractivity contribution in [2.75, 3.05) is 64.4 Å². The number of nitrogens with zero attached hydrogens (tertiary/aromatic N) is 5. The molecule has 2 aliphatic rings. The maximum atomic E-state index is 9.92. The van der Waals surface area contributed by atoms with E-state index in [4.69, 9.17) is 14.7 Å². The first kappa shape index (κ1) is 20.2. The van der Waals surface area contributed by atoms with Crippen LogP contribution in [0.25, 0.3) is 22.3 Å². The summed E-state index contributed by atoms with van der Waals surface area (Å²) >= 11 is 0. The summed E-state index contributed by atoms with van der Waals surface area (Å²) in [6, 6.07) is 13.7. The van der Waals surface area contributed by atoms with Crippen molar-refractivity contribution < 1.29 is 9.84 Å². The van der Waals surface area contributed by atoms with Crippen LogP contribution >= 0.6 is 0 Å². The van der Waals surface area contributed by atoms with Gasteiger partial charge in [0.25, 0.3) is 0 Å². The summed E-state index contributed by atoms with van der Waals surface area (Å²) in [7, 11) is 2.18. The van der Waals surface area contributed by atoms with Gasteiger partial charge in [0.2, 0.25) is 0 Å². The molecule has 0 amide bonds. The zero-order valence-electron chi connectivity index (χ0n) is 18.0. The molecule has 1 aromatic heterocycles. The lowest BCUT2D eigenvalue weighted by molar-refractivity contribution is 0.122. The van der Waals surface area contributed by atoms with Crippen LogP contribution in [-0.4, -0.2) is 84.4 Å². The van der Waals surface area contributed by atoms with Gasteiger partial charge in [-0.1, -0.05) is 18.2 Å². The quantitative estimate of drug-likeness (QED) is 0.697. The van der Waals surface area contributed by atoms with Gasteiger partial charge in [0.1, 0.15) is 11.6 Å². The molecule has 2 aliphatic heterocycles. The Morgan fingerprint density at radius 2 is 1.74 bits per heavy atom. The van der Waals surface area contributed by atoms with E-state index in [1.165, 1.54) is 5.56 Å². The van der Waals surface area contributed by atoms with Crippen molar-refractivity contribution in [2.45, 2.75) is 6.54 Å². The molecule has 2 saturated heterocycles. The van der Waals surface area contributed by atoms with Gasteiger partial charge in [-0.25, -0.2) is 9.97 Å². The number of hydrogen-bond donors (Lipinski definition) is 1. The van der Waals surface area contributed by atoms with Crippen molar-refractivity contribution in [2.24, 2.45) is 0 Å². The van der Waals surface area contributed by atoms with Gasteiger partial charge in [-0.2, -0.15) is 0 Å². The number of likely N-dealkylation sites (N-methyl/N-ethyl adjacent to an activating group) is 1. The zero-order valence-corrected chi connectivity index (χ0v) is 18.0. The SMILES string of the molecule is CN1CCN(Cc2ccc3nc(-c4cccc(O)c4)nc(N4CCOCC4)c3c2)CC1. The Morgan fingerprint density at radius 3 is 2.52 bits per heavy atom. The lowest BCUT2D eigenvalue weighted by Gasteiger charge is -2.32. The lowest BCUT2D eigenvalue weighted by atomic mass is 10.1. The van der Waals surface area contributed by atoms with Gasteiger partial charge in [0.15, 0.2) is 5.82 Å². The predicted octanol–water partition coefficient (Wildman–Crippen LogP) is 2.59. The van der Waals surface area contributed by atoms with Gasteiger partial charge in [0.05, 0.1) is 18.7 Å². The van der Waals surface area contributed by atoms with Crippen molar-refractivity contribution >= 4 is 16.7 Å². The van der Waals surface area contributed by atoms with Crippen LogP contribution in [0.1, 0.15) is 5.56 Å². The highest BCUT2D eigenvalue weighted by Gasteiger charge is 2.20. The highest BCUT2D eigenvalue weighted by molar-refractivity contribution is 5.91. The van der Waals surface area contributed by atoms with Crippen LogP contribution in [0.3, 0.4) is 0 Å². The maximum Gasteiger partial charge on any atom is 0.162 e. The molecule has 2 fully saturated rings. The first-order valence-corrected chi connectivity index (χ1v) is 11.0. The summed E-state index contributed by atoms with van der Waals surface area (Å²) in [5.41, 5.74) is 3.04. The Morgan fingerprint density at radius 1 is 0.935 bits per heavy atom. The van der Waals surface area contributed by atoms with E-state index in [-0.39, 0.29) is 5.75 Å². The van der Waals surface area contributed by atoms with Crippen LogP contribution in [0, 0.1) is 0 Å². The van der Waals surface area contributed by atoms with E-state index in [0.29, 0.717) is 19.0 Å². The van der Waals surface area contributed by atoms with Crippen LogP contribution in [0.4, 0.5) is 5.82 Å². The number of aromatic hydroxyl groups is 1. The van der Waals surface area contributed by atoms with Crippen LogP contribution in [0.5, 0.6) is 5.75 Å². The number of aromatic nitrogens is 2. The average Bonchev–Trinajstić information content (AvgIpc) is 2.80. The first-order chi connectivity index (χ1) is 15.2. The largest absolute Gasteiger partial charge is 0.508 e. The molecule has 31 heavy (non-hydrogen) atoms. The molecule has 7 nitrogen and oxygen atoms in total. The number of fused-ring (bicyclic) bond motifs is 1. The molecule has 0 saturated carbocycles. The van der Waals surface area contributed by atoms with Gasteiger partial charge in [-0.05, 0) is 36.9 Å². The monoisotopic (exact) mass is 419 g/mol. The number of phenols is 1. The number of piperazine rings is 1. The summed E-state index contributed by atoms with van der Waals surface area (Å²) in [4.78, 5) is 17.0. The standard InChI is InChI=1S/C24H29N5O2/c1-27-7-9-28(10-8-27)17-18-5-6-22-21(15-18)24(29-11-13-31-14-12-29)26-23(25-22)19-3-2-4-20(30)16-19/h2-6,15-16,30H,7-14,17H2,1H3. The third-order valence-electron chi connectivity index (χ3n) is 6.16. The Bertz CT molecular complexity index is 1060. The molecule has 0 unspecified atom stereocenters. The molecule has 0 radical (unpaired) electrons. The van der Waals surface area contributed by atoms with Gasteiger partial charge in [-0.3, -0.25) is 4.90 Å². The Hall–Kier alpha value is -2.74. The van der Waals surface area contributed by atoms with Crippen molar-refractivity contribution in [1.82, 2.24) is 19.8 Å². The maximum absolute atomic E-state index is 9.92. The van der Waals surface area contributed by atoms with Crippen molar-refractivity contribution in [3.05, 3.63) is 48.0 Å². The summed E-state index contributed by atoms with van der Waals surface area (Å²) in [5, 5.41) is 11.0. The number of rotatable bonds is 4. The fourth-order valence-corrected chi connectivity index (χ4v) is 4.31. The lowest BCUT2D eigenvalue weighted by Crippen LogP contribution is -2.43. The highest BCUT2D eigenvalue weighted by atomic mass is 16.5. The van der Waals surface area contributed by atoms with E-state index < -0.39 is 0 Å². The second-order valence-corrected chi connectivity index (χ2v) is 8.45. The fourth-order valence-electron chi connectivity index (χ4n) is 4.31. The third kappa shape index (κ3) is 4.49. The smallest absolute Gasteiger partial charge is 0.162 e. The van der Waals surface area contributed by atoms with Gasteiger partial charge < -0.3 is 19.6 Å². The van der Waals surface area contributed by atoms with E-state index >= 15 is 0 Å². The molecule has 162 valence electrons. The van der Waals surface area contributed by atoms with Gasteiger partial charge in [-0.15, -0.1) is 0 Å². The Kier molecular flexibility index (Phi) is 5.72. The number of anilines is 1. The first-order valence-electron chi connectivity index (χ1n) is 11.0. The second-order valence-electron chi connectivity index (χ2n) is 8.45. The van der Waals surface area contributed by atoms with Crippen LogP contribution in [0.15, 0.2) is 42.5 Å². The van der Waals surface area contributed by atoms with Crippen LogP contribution in [0.2, 0.25) is 0 Å². The molecule has 3 heterocycles. The minimum atomic E-state index is 0.219. The summed E-state index contributed by atoms with van der Waals surface area (Å²) in [5.74, 6) is 1.81. The van der Waals surface area contributed by atoms with Crippen molar-refractivity contribution in [3.8, 4) is 17.1 Å². The summed E-state index contributed by atoms with van der Waals surface area (Å²) < 4.78 is 5.57. The molecule has 0 aliphatic carbocycles. The average molecular weight is 420 g/mol. The highest BCUT2D eigenvalue weighted by Crippen LogP contribution is 2.30. The van der Waals surface area contributed by atoms with E-state index in [0.717, 1.165) is 68.1 Å². The normalized spacial score (nSPS) is 18.5. The minimum Gasteiger partial charge on any atom is -0.508 e. The number of benzene rings is 2. The molecule has 0 atom stereocenters. The molecule has 0 bridgehead atoms. The van der Waals surface area contributed by atoms with E-state index in [1.807, 2.05) is 12.1 Å². The van der Waals surface area contributed by atoms with Crippen LogP contribution < -0.4 is 4.90 Å². The molecular weight excluding hydrogens is 390 g/mol. The number of hydrogen-bond acceptors (Lipinski definition) is 7. The number of morpholine rings is 1.